The summed E-state index contributed by atoms with van der Waals surface area (Å²) in [7, 11) is 0. The molecule has 88 valence electrons. The van der Waals surface area contributed by atoms with Crippen molar-refractivity contribution in [1.82, 2.24) is 0 Å². The highest BCUT2D eigenvalue weighted by Crippen LogP contribution is 2.46. The van der Waals surface area contributed by atoms with E-state index in [9.17, 15) is 4.79 Å². The standard InChI is InChI=1S/C13H13BrN2O/c1-8-5-9(2)11(10(14)6-8)16-12(17)13(7-15)3-4-13/h5-6H,3-4H2,1-2H3,(H,16,17). The molecule has 0 aromatic heterocycles. The van der Waals surface area contributed by atoms with Gasteiger partial charge in [-0.15, -0.1) is 0 Å². The number of anilines is 1. The lowest BCUT2D eigenvalue weighted by atomic mass is 10.1. The number of amides is 1. The molecule has 0 radical (unpaired) electrons. The molecular formula is C13H13BrN2O. The van der Waals surface area contributed by atoms with Gasteiger partial charge in [-0.2, -0.15) is 5.26 Å². The summed E-state index contributed by atoms with van der Waals surface area (Å²) in [6.45, 7) is 3.94. The molecule has 0 aliphatic heterocycles. The van der Waals surface area contributed by atoms with Crippen molar-refractivity contribution in [2.75, 3.05) is 5.32 Å². The third-order valence-corrected chi connectivity index (χ3v) is 3.69. The van der Waals surface area contributed by atoms with Crippen molar-refractivity contribution in [3.05, 3.63) is 27.7 Å². The number of rotatable bonds is 2. The first-order chi connectivity index (χ1) is 7.98. The zero-order valence-electron chi connectivity index (χ0n) is 9.80. The van der Waals surface area contributed by atoms with E-state index < -0.39 is 5.41 Å². The largest absolute Gasteiger partial charge is 0.323 e. The minimum atomic E-state index is -0.781. The van der Waals surface area contributed by atoms with E-state index in [-0.39, 0.29) is 5.91 Å². The van der Waals surface area contributed by atoms with Crippen LogP contribution in [0.15, 0.2) is 16.6 Å². The third kappa shape index (κ3) is 2.20. The van der Waals surface area contributed by atoms with Crippen LogP contribution in [0.25, 0.3) is 0 Å². The number of aryl methyl sites for hydroxylation is 2. The number of hydrogen-bond donors (Lipinski definition) is 1. The van der Waals surface area contributed by atoms with Gasteiger partial charge in [0.05, 0.1) is 11.8 Å². The molecule has 1 aromatic carbocycles. The van der Waals surface area contributed by atoms with E-state index >= 15 is 0 Å². The predicted octanol–water partition coefficient (Wildman–Crippen LogP) is 3.31. The van der Waals surface area contributed by atoms with Crippen LogP contribution < -0.4 is 5.32 Å². The average molecular weight is 293 g/mol. The van der Waals surface area contributed by atoms with Crippen molar-refractivity contribution in [1.29, 1.82) is 5.26 Å². The highest BCUT2D eigenvalue weighted by Gasteiger charge is 2.50. The Labute approximate surface area is 109 Å². The summed E-state index contributed by atoms with van der Waals surface area (Å²) in [5.41, 5.74) is 2.12. The molecule has 2 rings (SSSR count). The maximum atomic E-state index is 12.0. The molecule has 1 fully saturated rings. The number of benzene rings is 1. The first kappa shape index (κ1) is 12.1. The Balaban J connectivity index is 2.26. The van der Waals surface area contributed by atoms with E-state index in [1.54, 1.807) is 0 Å². The van der Waals surface area contributed by atoms with Gasteiger partial charge in [-0.1, -0.05) is 6.07 Å². The van der Waals surface area contributed by atoms with Crippen molar-refractivity contribution < 1.29 is 4.79 Å². The Morgan fingerprint density at radius 1 is 1.47 bits per heavy atom. The fraction of sp³-hybridized carbons (Fsp3) is 0.385. The molecular weight excluding hydrogens is 280 g/mol. The van der Waals surface area contributed by atoms with Crippen molar-refractivity contribution in [2.24, 2.45) is 5.41 Å². The van der Waals surface area contributed by atoms with Crippen molar-refractivity contribution in [3.8, 4) is 6.07 Å². The highest BCUT2D eigenvalue weighted by molar-refractivity contribution is 9.10. The van der Waals surface area contributed by atoms with Gasteiger partial charge in [0.2, 0.25) is 5.91 Å². The molecule has 1 N–H and O–H groups in total. The second-order valence-electron chi connectivity index (χ2n) is 4.59. The Morgan fingerprint density at radius 2 is 2.12 bits per heavy atom. The zero-order valence-corrected chi connectivity index (χ0v) is 11.4. The third-order valence-electron chi connectivity index (χ3n) is 3.07. The number of carbonyl (C=O) groups is 1. The predicted molar refractivity (Wildman–Crippen MR) is 69.5 cm³/mol. The van der Waals surface area contributed by atoms with Crippen molar-refractivity contribution in [3.63, 3.8) is 0 Å². The lowest BCUT2D eigenvalue weighted by molar-refractivity contribution is -0.119. The molecule has 1 aliphatic rings. The van der Waals surface area contributed by atoms with Crippen LogP contribution in [0.3, 0.4) is 0 Å². The van der Waals surface area contributed by atoms with E-state index in [2.05, 4.69) is 27.3 Å². The lowest BCUT2D eigenvalue weighted by Gasteiger charge is -2.13. The Hall–Kier alpha value is -1.34. The second-order valence-corrected chi connectivity index (χ2v) is 5.44. The van der Waals surface area contributed by atoms with E-state index in [0.717, 1.165) is 21.3 Å². The Kier molecular flexibility index (Phi) is 2.96. The van der Waals surface area contributed by atoms with Crippen LogP contribution in [-0.2, 0) is 4.79 Å². The maximum Gasteiger partial charge on any atom is 0.244 e. The molecule has 0 bridgehead atoms. The first-order valence-corrected chi connectivity index (χ1v) is 6.27. The summed E-state index contributed by atoms with van der Waals surface area (Å²) in [5.74, 6) is -0.187. The molecule has 0 heterocycles. The summed E-state index contributed by atoms with van der Waals surface area (Å²) < 4.78 is 0.858. The van der Waals surface area contributed by atoms with Gasteiger partial charge in [0.1, 0.15) is 5.41 Å². The van der Waals surface area contributed by atoms with Gasteiger partial charge in [-0.3, -0.25) is 4.79 Å². The molecule has 17 heavy (non-hydrogen) atoms. The van der Waals surface area contributed by atoms with Crippen LogP contribution in [0.4, 0.5) is 5.69 Å². The normalized spacial score (nSPS) is 16.1. The van der Waals surface area contributed by atoms with Gasteiger partial charge in [0.15, 0.2) is 0 Å². The van der Waals surface area contributed by atoms with Crippen LogP contribution in [-0.4, -0.2) is 5.91 Å². The van der Waals surface area contributed by atoms with Crippen LogP contribution in [0.5, 0.6) is 0 Å². The SMILES string of the molecule is Cc1cc(C)c(NC(=O)C2(C#N)CC2)c(Br)c1. The molecule has 0 saturated heterocycles. The minimum Gasteiger partial charge on any atom is -0.323 e. The molecule has 1 saturated carbocycles. The van der Waals surface area contributed by atoms with E-state index in [0.29, 0.717) is 12.8 Å². The molecule has 0 spiro atoms. The van der Waals surface area contributed by atoms with Gasteiger partial charge >= 0.3 is 0 Å². The number of nitriles is 1. The lowest BCUT2D eigenvalue weighted by Crippen LogP contribution is -2.23. The first-order valence-electron chi connectivity index (χ1n) is 5.48. The van der Waals surface area contributed by atoms with Gasteiger partial charge in [0, 0.05) is 4.47 Å². The molecule has 3 nitrogen and oxygen atoms in total. The Morgan fingerprint density at radius 3 is 2.59 bits per heavy atom. The number of halogens is 1. The molecule has 0 atom stereocenters. The van der Waals surface area contributed by atoms with Gasteiger partial charge < -0.3 is 5.32 Å². The summed E-state index contributed by atoms with van der Waals surface area (Å²) >= 11 is 3.44. The zero-order chi connectivity index (χ0) is 12.6. The van der Waals surface area contributed by atoms with E-state index in [1.165, 1.54) is 0 Å². The minimum absolute atomic E-state index is 0.187. The number of nitrogens with zero attached hydrogens (tertiary/aromatic N) is 1. The number of nitrogens with one attached hydrogen (secondary N) is 1. The monoisotopic (exact) mass is 292 g/mol. The smallest absolute Gasteiger partial charge is 0.244 e. The fourth-order valence-corrected chi connectivity index (χ4v) is 2.59. The summed E-state index contributed by atoms with van der Waals surface area (Å²) in [6, 6.07) is 6.05. The summed E-state index contributed by atoms with van der Waals surface area (Å²) in [6.07, 6.45) is 1.33. The molecule has 1 amide bonds. The average Bonchev–Trinajstić information content (AvgIpc) is 3.03. The number of carbonyl (C=O) groups excluding carboxylic acids is 1. The van der Waals surface area contributed by atoms with Crippen LogP contribution in [0, 0.1) is 30.6 Å². The molecule has 1 aliphatic carbocycles. The quantitative estimate of drug-likeness (QED) is 0.909. The van der Waals surface area contributed by atoms with Crippen LogP contribution in [0.2, 0.25) is 0 Å². The number of hydrogen-bond acceptors (Lipinski definition) is 2. The van der Waals surface area contributed by atoms with Gasteiger partial charge in [-0.25, -0.2) is 0 Å². The molecule has 0 unspecified atom stereocenters. The second kappa shape index (κ2) is 4.15. The molecule has 4 heteroatoms. The van der Waals surface area contributed by atoms with Crippen molar-refractivity contribution >= 4 is 27.5 Å². The molecule has 1 aromatic rings. The van der Waals surface area contributed by atoms with Crippen LogP contribution in [0.1, 0.15) is 24.0 Å². The van der Waals surface area contributed by atoms with Crippen molar-refractivity contribution in [2.45, 2.75) is 26.7 Å². The van der Waals surface area contributed by atoms with Crippen LogP contribution >= 0.6 is 15.9 Å². The summed E-state index contributed by atoms with van der Waals surface area (Å²) in [4.78, 5) is 12.0. The van der Waals surface area contributed by atoms with Gasteiger partial charge in [0.25, 0.3) is 0 Å². The Bertz CT molecular complexity index is 504. The summed E-state index contributed by atoms with van der Waals surface area (Å²) in [5, 5.41) is 11.8. The fourth-order valence-electron chi connectivity index (χ4n) is 1.82. The van der Waals surface area contributed by atoms with E-state index in [4.69, 9.17) is 5.26 Å². The highest BCUT2D eigenvalue weighted by atomic mass is 79.9. The van der Waals surface area contributed by atoms with Gasteiger partial charge in [-0.05, 0) is 59.8 Å². The maximum absolute atomic E-state index is 12.0. The van der Waals surface area contributed by atoms with E-state index in [1.807, 2.05) is 26.0 Å². The topological polar surface area (TPSA) is 52.9 Å².